The Balaban J connectivity index is 1.92. The molecule has 0 radical (unpaired) electrons. The topological polar surface area (TPSA) is 26.8 Å². The number of fused-ring (bicyclic) bond motifs is 3. The molecule has 0 amide bonds. The molecule has 1 atom stereocenters. The molecular formula is C24H21N2+. The number of hydrogen-bond acceptors (Lipinski definition) is 1. The highest BCUT2D eigenvalue weighted by Crippen LogP contribution is 2.45. The van der Waals surface area contributed by atoms with E-state index in [4.69, 9.17) is 0 Å². The highest BCUT2D eigenvalue weighted by atomic mass is 15.0. The highest BCUT2D eigenvalue weighted by molar-refractivity contribution is 6.09. The van der Waals surface area contributed by atoms with Gasteiger partial charge in [-0.25, -0.2) is 0 Å². The minimum atomic E-state index is -0.328. The lowest BCUT2D eigenvalue weighted by Gasteiger charge is -2.20. The number of rotatable bonds is 3. The third-order valence-electron chi connectivity index (χ3n) is 5.41. The van der Waals surface area contributed by atoms with Crippen molar-refractivity contribution in [2.24, 2.45) is 0 Å². The summed E-state index contributed by atoms with van der Waals surface area (Å²) in [4.78, 5) is 0. The first-order chi connectivity index (χ1) is 12.6. The normalized spacial score (nSPS) is 19.1. The molecule has 0 aromatic heterocycles. The number of benzene rings is 3. The minimum absolute atomic E-state index is 0.328. The van der Waals surface area contributed by atoms with E-state index >= 15 is 0 Å². The Kier molecular flexibility index (Phi) is 3.93. The van der Waals surface area contributed by atoms with Crippen LogP contribution >= 0.6 is 0 Å². The van der Waals surface area contributed by atoms with E-state index in [1.54, 1.807) is 0 Å². The van der Waals surface area contributed by atoms with Gasteiger partial charge in [-0.05, 0) is 35.4 Å². The molecule has 0 spiro atoms. The van der Waals surface area contributed by atoms with E-state index < -0.39 is 0 Å². The average Bonchev–Trinajstić information content (AvgIpc) is 2.88. The summed E-state index contributed by atoms with van der Waals surface area (Å²) >= 11 is 0. The van der Waals surface area contributed by atoms with Crippen LogP contribution in [0.2, 0.25) is 0 Å². The molecule has 4 rings (SSSR count). The van der Waals surface area contributed by atoms with E-state index in [0.29, 0.717) is 6.42 Å². The predicted molar refractivity (Wildman–Crippen MR) is 108 cm³/mol. The van der Waals surface area contributed by atoms with Gasteiger partial charge >= 0.3 is 0 Å². The van der Waals surface area contributed by atoms with E-state index in [1.807, 2.05) is 18.2 Å². The molecule has 26 heavy (non-hydrogen) atoms. The van der Waals surface area contributed by atoms with E-state index in [9.17, 15) is 5.26 Å². The Morgan fingerprint density at radius 3 is 2.46 bits per heavy atom. The first-order valence-electron chi connectivity index (χ1n) is 8.88. The third kappa shape index (κ3) is 2.45. The van der Waals surface area contributed by atoms with Crippen molar-refractivity contribution in [3.63, 3.8) is 0 Å². The van der Waals surface area contributed by atoms with Crippen LogP contribution in [0.5, 0.6) is 0 Å². The van der Waals surface area contributed by atoms with Gasteiger partial charge in [-0.15, -0.1) is 0 Å². The zero-order valence-corrected chi connectivity index (χ0v) is 15.1. The fraction of sp³-hybridized carbons (Fsp3) is 0.167. The van der Waals surface area contributed by atoms with E-state index in [1.165, 1.54) is 22.0 Å². The Labute approximate surface area is 154 Å². The first kappa shape index (κ1) is 16.3. The van der Waals surface area contributed by atoms with Crippen molar-refractivity contribution in [3.8, 4) is 6.07 Å². The largest absolute Gasteiger partial charge is 0.210 e. The fourth-order valence-corrected chi connectivity index (χ4v) is 4.12. The van der Waals surface area contributed by atoms with Gasteiger partial charge in [0.1, 0.15) is 7.05 Å². The third-order valence-corrected chi connectivity index (χ3v) is 5.41. The van der Waals surface area contributed by atoms with Gasteiger partial charge in [0.15, 0.2) is 5.71 Å². The molecule has 0 fully saturated rings. The molecule has 1 aliphatic heterocycles. The van der Waals surface area contributed by atoms with Crippen molar-refractivity contribution >= 4 is 28.2 Å². The average molecular weight is 337 g/mol. The van der Waals surface area contributed by atoms with Crippen LogP contribution in [0.3, 0.4) is 0 Å². The lowest BCUT2D eigenvalue weighted by molar-refractivity contribution is -0.401. The molecular weight excluding hydrogens is 316 g/mol. The zero-order valence-electron chi connectivity index (χ0n) is 15.1. The lowest BCUT2D eigenvalue weighted by atomic mass is 9.75. The summed E-state index contributed by atoms with van der Waals surface area (Å²) in [5.74, 6) is 0. The van der Waals surface area contributed by atoms with Gasteiger partial charge in [0.2, 0.25) is 5.69 Å². The quantitative estimate of drug-likeness (QED) is 0.584. The number of allylic oxidation sites excluding steroid dienone is 1. The van der Waals surface area contributed by atoms with Crippen molar-refractivity contribution in [2.45, 2.75) is 18.8 Å². The van der Waals surface area contributed by atoms with Gasteiger partial charge in [-0.1, -0.05) is 54.6 Å². The second-order valence-corrected chi connectivity index (χ2v) is 7.04. The molecule has 0 bridgehead atoms. The van der Waals surface area contributed by atoms with Crippen LogP contribution in [0.25, 0.3) is 16.8 Å². The van der Waals surface area contributed by atoms with Gasteiger partial charge in [0.05, 0.1) is 17.9 Å². The monoisotopic (exact) mass is 337 g/mol. The molecule has 0 N–H and O–H groups in total. The molecule has 3 aromatic rings. The molecule has 2 nitrogen and oxygen atoms in total. The van der Waals surface area contributed by atoms with Crippen molar-refractivity contribution in [1.29, 1.82) is 5.26 Å². The minimum Gasteiger partial charge on any atom is -0.198 e. The van der Waals surface area contributed by atoms with Gasteiger partial charge in [0, 0.05) is 17.7 Å². The van der Waals surface area contributed by atoms with Crippen LogP contribution < -0.4 is 0 Å². The Bertz CT molecular complexity index is 1080. The Morgan fingerprint density at radius 2 is 1.69 bits per heavy atom. The smallest absolute Gasteiger partial charge is 0.198 e. The van der Waals surface area contributed by atoms with Crippen LogP contribution in [0.15, 0.2) is 72.8 Å². The summed E-state index contributed by atoms with van der Waals surface area (Å²) in [7, 11) is 2.10. The van der Waals surface area contributed by atoms with Gasteiger partial charge in [-0.3, -0.25) is 0 Å². The van der Waals surface area contributed by atoms with Crippen LogP contribution in [-0.4, -0.2) is 17.3 Å². The van der Waals surface area contributed by atoms with Crippen LogP contribution in [-0.2, 0) is 5.41 Å². The molecule has 3 aromatic carbocycles. The van der Waals surface area contributed by atoms with Crippen molar-refractivity contribution in [1.82, 2.24) is 0 Å². The SMILES string of the molecule is C[N+]1=C(/C=C/c2ccccc2)C(C)(CC#N)c2c1ccc1ccccc21. The standard InChI is InChI=1S/C24H21N2/c1-24(16-17-25)22(15-12-18-8-4-3-5-9-18)26(2)21-14-13-19-10-6-7-11-20(19)23(21)24/h3-15H,16H2,1-2H3/q+1/b15-12+. The van der Waals surface area contributed by atoms with E-state index in [0.717, 1.165) is 11.3 Å². The maximum absolute atomic E-state index is 9.57. The van der Waals surface area contributed by atoms with Crippen molar-refractivity contribution in [3.05, 3.63) is 83.9 Å². The number of nitrogens with zero attached hydrogens (tertiary/aromatic N) is 2. The summed E-state index contributed by atoms with van der Waals surface area (Å²) in [6.07, 6.45) is 4.75. The van der Waals surface area contributed by atoms with Crippen LogP contribution in [0.1, 0.15) is 24.5 Å². The molecule has 2 heteroatoms. The second kappa shape index (κ2) is 6.28. The second-order valence-electron chi connectivity index (χ2n) is 7.04. The zero-order chi connectivity index (χ0) is 18.1. The summed E-state index contributed by atoms with van der Waals surface area (Å²) in [6.45, 7) is 2.19. The van der Waals surface area contributed by atoms with Gasteiger partial charge in [0.25, 0.3) is 0 Å². The maximum Gasteiger partial charge on any atom is 0.210 e. The van der Waals surface area contributed by atoms with E-state index in [-0.39, 0.29) is 5.41 Å². The number of nitriles is 1. The molecule has 0 saturated heterocycles. The molecule has 0 aliphatic carbocycles. The molecule has 0 saturated carbocycles. The molecule has 1 heterocycles. The van der Waals surface area contributed by atoms with Gasteiger partial charge < -0.3 is 0 Å². The summed E-state index contributed by atoms with van der Waals surface area (Å²) in [5.41, 5.74) is 4.44. The van der Waals surface area contributed by atoms with Crippen molar-refractivity contribution in [2.75, 3.05) is 7.05 Å². The fourth-order valence-electron chi connectivity index (χ4n) is 4.12. The molecule has 126 valence electrons. The molecule has 1 unspecified atom stereocenters. The lowest BCUT2D eigenvalue weighted by Crippen LogP contribution is -2.30. The summed E-state index contributed by atoms with van der Waals surface area (Å²) in [5, 5.41) is 12.0. The summed E-state index contributed by atoms with van der Waals surface area (Å²) < 4.78 is 2.23. The predicted octanol–water partition coefficient (Wildman–Crippen LogP) is 5.45. The summed E-state index contributed by atoms with van der Waals surface area (Å²) in [6, 6.07) is 25.5. The van der Waals surface area contributed by atoms with E-state index in [2.05, 4.69) is 85.3 Å². The van der Waals surface area contributed by atoms with Crippen LogP contribution in [0, 0.1) is 11.3 Å². The Morgan fingerprint density at radius 1 is 0.962 bits per heavy atom. The van der Waals surface area contributed by atoms with Crippen LogP contribution in [0.4, 0.5) is 5.69 Å². The number of hydrogen-bond donors (Lipinski definition) is 0. The first-order valence-corrected chi connectivity index (χ1v) is 8.88. The Hall–Kier alpha value is -3.18. The molecule has 1 aliphatic rings. The highest BCUT2D eigenvalue weighted by Gasteiger charge is 2.47. The van der Waals surface area contributed by atoms with Crippen molar-refractivity contribution < 1.29 is 4.58 Å². The maximum atomic E-state index is 9.57. The van der Waals surface area contributed by atoms with Gasteiger partial charge in [-0.2, -0.15) is 9.84 Å².